The van der Waals surface area contributed by atoms with Crippen LogP contribution < -0.4 is 11.1 Å². The number of anilines is 1. The summed E-state index contributed by atoms with van der Waals surface area (Å²) in [6.07, 6.45) is 3.53. The molecule has 5 heteroatoms. The Hall–Kier alpha value is -1.62. The van der Waals surface area contributed by atoms with Gasteiger partial charge >= 0.3 is 0 Å². The number of pyridine rings is 1. The second-order valence-corrected chi connectivity index (χ2v) is 6.35. The van der Waals surface area contributed by atoms with Crippen molar-refractivity contribution in [3.8, 4) is 0 Å². The average Bonchev–Trinajstić information content (AvgIpc) is 2.38. The number of hydrogen-bond acceptors (Lipinski definition) is 4. The van der Waals surface area contributed by atoms with Crippen molar-refractivity contribution < 1.29 is 4.79 Å². The fraction of sp³-hybridized carbons (Fsp3) is 0.600. The van der Waals surface area contributed by atoms with E-state index in [-0.39, 0.29) is 17.5 Å². The second-order valence-electron chi connectivity index (χ2n) is 6.35. The number of nitrogen functional groups attached to an aromatic ring is 1. The van der Waals surface area contributed by atoms with Crippen LogP contribution >= 0.6 is 0 Å². The summed E-state index contributed by atoms with van der Waals surface area (Å²) in [4.78, 5) is 18.6. The van der Waals surface area contributed by atoms with Gasteiger partial charge in [-0.15, -0.1) is 0 Å². The van der Waals surface area contributed by atoms with Crippen LogP contribution in [0.1, 0.15) is 44.1 Å². The minimum absolute atomic E-state index is 0.169. The molecule has 0 atom stereocenters. The molecule has 0 saturated carbocycles. The Bertz CT molecular complexity index is 473. The molecule has 0 aromatic carbocycles. The summed E-state index contributed by atoms with van der Waals surface area (Å²) in [6.45, 7) is 8.68. The van der Waals surface area contributed by atoms with Crippen LogP contribution in [-0.4, -0.2) is 40.5 Å². The van der Waals surface area contributed by atoms with E-state index in [1.165, 1.54) is 0 Å². The van der Waals surface area contributed by atoms with Gasteiger partial charge in [-0.05, 0) is 45.7 Å². The lowest BCUT2D eigenvalue weighted by molar-refractivity contribution is 0.0810. The minimum Gasteiger partial charge on any atom is -0.397 e. The van der Waals surface area contributed by atoms with Gasteiger partial charge in [0.25, 0.3) is 5.91 Å². The van der Waals surface area contributed by atoms with Crippen LogP contribution in [-0.2, 0) is 0 Å². The number of carbonyl (C=O) groups excluding carboxylic acids is 1. The molecule has 0 radical (unpaired) electrons. The van der Waals surface area contributed by atoms with E-state index in [2.05, 4.69) is 36.0 Å². The summed E-state index contributed by atoms with van der Waals surface area (Å²) < 4.78 is 0. The van der Waals surface area contributed by atoms with Crippen molar-refractivity contribution in [2.75, 3.05) is 18.8 Å². The van der Waals surface area contributed by atoms with Gasteiger partial charge < -0.3 is 11.1 Å². The lowest BCUT2D eigenvalue weighted by Crippen LogP contribution is -2.51. The lowest BCUT2D eigenvalue weighted by atomic mass is 9.98. The molecule has 1 aromatic rings. The maximum Gasteiger partial charge on any atom is 0.272 e. The van der Waals surface area contributed by atoms with E-state index in [0.29, 0.717) is 11.4 Å². The van der Waals surface area contributed by atoms with Crippen LogP contribution in [0.15, 0.2) is 18.3 Å². The number of amides is 1. The molecule has 0 bridgehead atoms. The van der Waals surface area contributed by atoms with Gasteiger partial charge in [0.2, 0.25) is 0 Å². The zero-order valence-electron chi connectivity index (χ0n) is 12.5. The third-order valence-corrected chi connectivity index (χ3v) is 3.83. The summed E-state index contributed by atoms with van der Waals surface area (Å²) in [5.74, 6) is -0.169. The largest absolute Gasteiger partial charge is 0.397 e. The maximum atomic E-state index is 12.1. The van der Waals surface area contributed by atoms with E-state index in [1.54, 1.807) is 18.3 Å². The smallest absolute Gasteiger partial charge is 0.272 e. The van der Waals surface area contributed by atoms with Crippen LogP contribution in [0, 0.1) is 0 Å². The predicted molar refractivity (Wildman–Crippen MR) is 80.5 cm³/mol. The highest BCUT2D eigenvalue weighted by Crippen LogP contribution is 2.20. The first-order chi connectivity index (χ1) is 9.38. The number of aromatic nitrogens is 1. The van der Waals surface area contributed by atoms with Gasteiger partial charge in [-0.1, -0.05) is 0 Å². The van der Waals surface area contributed by atoms with Crippen LogP contribution in [0.25, 0.3) is 0 Å². The Morgan fingerprint density at radius 2 is 2.05 bits per heavy atom. The number of carbonyl (C=O) groups is 1. The van der Waals surface area contributed by atoms with Crippen molar-refractivity contribution in [2.24, 2.45) is 0 Å². The van der Waals surface area contributed by atoms with E-state index in [9.17, 15) is 4.79 Å². The lowest BCUT2D eigenvalue weighted by Gasteiger charge is -2.41. The number of rotatable bonds is 2. The van der Waals surface area contributed by atoms with E-state index in [4.69, 9.17) is 5.73 Å². The number of nitrogens with zero attached hydrogens (tertiary/aromatic N) is 2. The Morgan fingerprint density at radius 3 is 2.60 bits per heavy atom. The van der Waals surface area contributed by atoms with Gasteiger partial charge in [0.05, 0.1) is 5.69 Å². The Kier molecular flexibility index (Phi) is 4.28. The monoisotopic (exact) mass is 276 g/mol. The molecule has 0 spiro atoms. The maximum absolute atomic E-state index is 12.1. The minimum atomic E-state index is -0.169. The van der Waals surface area contributed by atoms with Gasteiger partial charge in [0, 0.05) is 30.9 Å². The van der Waals surface area contributed by atoms with Crippen molar-refractivity contribution in [1.29, 1.82) is 0 Å². The number of hydrogen-bond donors (Lipinski definition) is 2. The summed E-state index contributed by atoms with van der Waals surface area (Å²) in [5, 5.41) is 3.04. The molecule has 3 N–H and O–H groups in total. The third-order valence-electron chi connectivity index (χ3n) is 3.83. The van der Waals surface area contributed by atoms with Crippen LogP contribution in [0.3, 0.4) is 0 Å². The van der Waals surface area contributed by atoms with Gasteiger partial charge in [-0.2, -0.15) is 0 Å². The molecule has 0 unspecified atom stereocenters. The second kappa shape index (κ2) is 5.79. The molecule has 2 rings (SSSR count). The van der Waals surface area contributed by atoms with Crippen LogP contribution in [0.5, 0.6) is 0 Å². The molecule has 1 aromatic heterocycles. The average molecular weight is 276 g/mol. The van der Waals surface area contributed by atoms with Crippen molar-refractivity contribution in [3.63, 3.8) is 0 Å². The molecule has 0 aliphatic carbocycles. The SMILES string of the molecule is CC(C)(C)N1CCC(NC(=O)c2ncccc2N)CC1. The molecule has 1 aliphatic rings. The highest BCUT2D eigenvalue weighted by Gasteiger charge is 2.28. The van der Waals surface area contributed by atoms with Gasteiger partial charge in [-0.25, -0.2) is 4.98 Å². The highest BCUT2D eigenvalue weighted by atomic mass is 16.2. The number of nitrogens with two attached hydrogens (primary N) is 1. The first kappa shape index (κ1) is 14.8. The van der Waals surface area contributed by atoms with Crippen molar-refractivity contribution in [2.45, 2.75) is 45.2 Å². The van der Waals surface area contributed by atoms with Gasteiger partial charge in [0.1, 0.15) is 0 Å². The number of likely N-dealkylation sites (tertiary alicyclic amines) is 1. The number of nitrogens with one attached hydrogen (secondary N) is 1. The summed E-state index contributed by atoms with van der Waals surface area (Å²) in [5.41, 5.74) is 6.72. The van der Waals surface area contributed by atoms with E-state index < -0.39 is 0 Å². The fourth-order valence-corrected chi connectivity index (χ4v) is 2.56. The van der Waals surface area contributed by atoms with Crippen molar-refractivity contribution in [1.82, 2.24) is 15.2 Å². The Morgan fingerprint density at radius 1 is 1.40 bits per heavy atom. The molecule has 1 aliphatic heterocycles. The first-order valence-electron chi connectivity index (χ1n) is 7.14. The Labute approximate surface area is 120 Å². The summed E-state index contributed by atoms with van der Waals surface area (Å²) in [6, 6.07) is 3.64. The highest BCUT2D eigenvalue weighted by molar-refractivity contribution is 5.97. The summed E-state index contributed by atoms with van der Waals surface area (Å²) >= 11 is 0. The third kappa shape index (κ3) is 3.48. The summed E-state index contributed by atoms with van der Waals surface area (Å²) in [7, 11) is 0. The quantitative estimate of drug-likeness (QED) is 0.861. The molecular formula is C15H24N4O. The molecule has 5 nitrogen and oxygen atoms in total. The van der Waals surface area contributed by atoms with E-state index in [1.807, 2.05) is 0 Å². The van der Waals surface area contributed by atoms with Gasteiger partial charge in [-0.3, -0.25) is 9.69 Å². The molecule has 20 heavy (non-hydrogen) atoms. The van der Waals surface area contributed by atoms with Crippen LogP contribution in [0.4, 0.5) is 5.69 Å². The van der Waals surface area contributed by atoms with Gasteiger partial charge in [0.15, 0.2) is 5.69 Å². The zero-order chi connectivity index (χ0) is 14.8. The molecule has 1 amide bonds. The Balaban J connectivity index is 1.90. The first-order valence-corrected chi connectivity index (χ1v) is 7.14. The normalized spacial score (nSPS) is 17.9. The van der Waals surface area contributed by atoms with E-state index in [0.717, 1.165) is 25.9 Å². The predicted octanol–water partition coefficient (Wildman–Crippen LogP) is 1.66. The van der Waals surface area contributed by atoms with Crippen molar-refractivity contribution in [3.05, 3.63) is 24.0 Å². The van der Waals surface area contributed by atoms with Crippen LogP contribution in [0.2, 0.25) is 0 Å². The zero-order valence-corrected chi connectivity index (χ0v) is 12.5. The number of piperidine rings is 1. The topological polar surface area (TPSA) is 71.2 Å². The molecule has 110 valence electrons. The molecule has 2 heterocycles. The standard InChI is InChI=1S/C15H24N4O/c1-15(2,3)19-9-6-11(7-10-19)18-14(20)13-12(16)5-4-8-17-13/h4-5,8,11H,6-7,9-10,16H2,1-3H3,(H,18,20). The molecule has 1 saturated heterocycles. The van der Waals surface area contributed by atoms with Crippen molar-refractivity contribution >= 4 is 11.6 Å². The fourth-order valence-electron chi connectivity index (χ4n) is 2.56. The van der Waals surface area contributed by atoms with E-state index >= 15 is 0 Å². The molecular weight excluding hydrogens is 252 g/mol. The molecule has 1 fully saturated rings.